The fourth-order valence-electron chi connectivity index (χ4n) is 5.09. The minimum absolute atomic E-state index is 0.232. The maximum Gasteiger partial charge on any atom is 0.416 e. The monoisotopic (exact) mass is 621 g/mol. The van der Waals surface area contributed by atoms with Crippen LogP contribution in [0.15, 0.2) is 71.6 Å². The number of halogens is 4. The maximum atomic E-state index is 13.3. The molecule has 0 fully saturated rings. The molecule has 0 aliphatic heterocycles. The molecule has 0 bridgehead atoms. The van der Waals surface area contributed by atoms with Crippen LogP contribution in [0.3, 0.4) is 0 Å². The van der Waals surface area contributed by atoms with Crippen LogP contribution in [0.25, 0.3) is 0 Å². The zero-order chi connectivity index (χ0) is 30.5. The molecule has 0 aromatic heterocycles. The quantitative estimate of drug-likeness (QED) is 0.222. The van der Waals surface area contributed by atoms with E-state index in [0.29, 0.717) is 22.6 Å². The molecule has 2 atom stereocenters. The van der Waals surface area contributed by atoms with Crippen molar-refractivity contribution in [3.05, 3.63) is 99.6 Å². The largest absolute Gasteiger partial charge is 0.416 e. The first-order valence-electron chi connectivity index (χ1n) is 13.9. The number of alkyl halides is 3. The molecule has 42 heavy (non-hydrogen) atoms. The molecule has 3 N–H and O–H groups in total. The molecule has 0 heterocycles. The Hall–Kier alpha value is -2.92. The Morgan fingerprint density at radius 1 is 1.05 bits per heavy atom. The second-order valence-corrected chi connectivity index (χ2v) is 13.2. The zero-order valence-electron chi connectivity index (χ0n) is 23.5. The Balaban J connectivity index is 1.51. The number of amides is 1. The Morgan fingerprint density at radius 2 is 1.79 bits per heavy atom. The number of rotatable bonds is 11. The van der Waals surface area contributed by atoms with Crippen molar-refractivity contribution >= 4 is 27.5 Å². The summed E-state index contributed by atoms with van der Waals surface area (Å²) in [5, 5.41) is 6.91. The van der Waals surface area contributed by atoms with Crippen LogP contribution in [0.2, 0.25) is 5.02 Å². The number of nitrogens with one attached hydrogen (secondary N) is 3. The summed E-state index contributed by atoms with van der Waals surface area (Å²) in [6.07, 6.45) is -2.43. The topological polar surface area (TPSA) is 87.3 Å². The predicted molar refractivity (Wildman–Crippen MR) is 157 cm³/mol. The fraction of sp³-hybridized carbons (Fsp3) is 0.387. The van der Waals surface area contributed by atoms with E-state index < -0.39 is 32.7 Å². The van der Waals surface area contributed by atoms with E-state index in [2.05, 4.69) is 41.3 Å². The third-order valence-corrected chi connectivity index (χ3v) is 8.89. The lowest BCUT2D eigenvalue weighted by molar-refractivity contribution is -0.137. The minimum atomic E-state index is -4.71. The highest BCUT2D eigenvalue weighted by Crippen LogP contribution is 2.33. The molecular formula is C31H35ClF3N3O3S. The van der Waals surface area contributed by atoms with E-state index >= 15 is 0 Å². The van der Waals surface area contributed by atoms with Crippen molar-refractivity contribution in [1.82, 2.24) is 15.4 Å². The zero-order valence-corrected chi connectivity index (χ0v) is 25.0. The van der Waals surface area contributed by atoms with Gasteiger partial charge in [-0.2, -0.15) is 13.2 Å². The third-order valence-electron chi connectivity index (χ3n) is 7.17. The molecule has 3 aromatic rings. The molecule has 0 spiro atoms. The molecular weight excluding hydrogens is 587 g/mol. The van der Waals surface area contributed by atoms with Gasteiger partial charge >= 0.3 is 6.18 Å². The number of carbonyl (C=O) groups is 1. The van der Waals surface area contributed by atoms with Crippen LogP contribution in [0.4, 0.5) is 13.2 Å². The summed E-state index contributed by atoms with van der Waals surface area (Å²) in [5.74, 6) is 0.163. The molecule has 6 nitrogen and oxygen atoms in total. The van der Waals surface area contributed by atoms with Crippen molar-refractivity contribution in [3.8, 4) is 0 Å². The van der Waals surface area contributed by atoms with E-state index in [1.54, 1.807) is 24.3 Å². The van der Waals surface area contributed by atoms with Crippen molar-refractivity contribution in [2.24, 2.45) is 5.92 Å². The average molecular weight is 622 g/mol. The Morgan fingerprint density at radius 3 is 2.48 bits per heavy atom. The number of fused-ring (bicyclic) bond motifs is 1. The second-order valence-electron chi connectivity index (χ2n) is 11.0. The number of benzene rings is 3. The van der Waals surface area contributed by atoms with Gasteiger partial charge in [0.25, 0.3) is 0 Å². The van der Waals surface area contributed by atoms with Gasteiger partial charge in [0.15, 0.2) is 0 Å². The SMILES string of the molecule is CC(C)CNCc1ccc2c(c1)CCCC2NC(=O)CC(NS(=O)(=O)c1cccc(C(F)(F)F)c1)c1ccc(Cl)cc1. The van der Waals surface area contributed by atoms with Gasteiger partial charge in [-0.1, -0.05) is 61.8 Å². The summed E-state index contributed by atoms with van der Waals surface area (Å²) in [5.41, 5.74) is 2.76. The second kappa shape index (κ2) is 13.6. The predicted octanol–water partition coefficient (Wildman–Crippen LogP) is 6.71. The summed E-state index contributed by atoms with van der Waals surface area (Å²) >= 11 is 6.01. The van der Waals surface area contributed by atoms with Gasteiger partial charge in [0.1, 0.15) is 0 Å². The summed E-state index contributed by atoms with van der Waals surface area (Å²) in [6.45, 7) is 5.99. The highest BCUT2D eigenvalue weighted by molar-refractivity contribution is 7.89. The normalized spacial score (nSPS) is 16.2. The summed E-state index contributed by atoms with van der Waals surface area (Å²) < 4.78 is 68.6. The fourth-order valence-corrected chi connectivity index (χ4v) is 6.48. The van der Waals surface area contributed by atoms with Crippen LogP contribution in [-0.4, -0.2) is 20.9 Å². The number of carbonyl (C=O) groups excluding carboxylic acids is 1. The summed E-state index contributed by atoms with van der Waals surface area (Å²) in [4.78, 5) is 12.8. The standard InChI is InChI=1S/C31H35ClF3N3O3S/c1-20(2)18-36-19-21-9-14-27-23(15-21)5-3-8-28(27)37-30(39)17-29(22-10-12-25(32)13-11-22)38-42(40,41)26-7-4-6-24(16-26)31(33,34)35/h4,6-7,9-16,20,28-29,36,38H,3,5,8,17-19H2,1-2H3,(H,37,39). The van der Waals surface area contributed by atoms with Crippen molar-refractivity contribution in [2.75, 3.05) is 6.54 Å². The minimum Gasteiger partial charge on any atom is -0.349 e. The lowest BCUT2D eigenvalue weighted by Gasteiger charge is -2.28. The van der Waals surface area contributed by atoms with Crippen molar-refractivity contribution in [1.29, 1.82) is 0 Å². The first-order chi connectivity index (χ1) is 19.8. The van der Waals surface area contributed by atoms with Crippen molar-refractivity contribution in [2.45, 2.75) is 69.2 Å². The molecule has 0 radical (unpaired) electrons. The number of hydrogen-bond donors (Lipinski definition) is 3. The van der Waals surface area contributed by atoms with E-state index in [0.717, 1.165) is 56.1 Å². The molecule has 0 saturated carbocycles. The van der Waals surface area contributed by atoms with Gasteiger partial charge in [0, 0.05) is 18.0 Å². The van der Waals surface area contributed by atoms with Gasteiger partial charge in [0.2, 0.25) is 15.9 Å². The summed E-state index contributed by atoms with van der Waals surface area (Å²) in [6, 6.07) is 14.8. The van der Waals surface area contributed by atoms with Gasteiger partial charge in [-0.15, -0.1) is 0 Å². The lowest BCUT2D eigenvalue weighted by Crippen LogP contribution is -2.36. The molecule has 1 aliphatic carbocycles. The third kappa shape index (κ3) is 8.56. The average Bonchev–Trinajstić information content (AvgIpc) is 2.92. The smallest absolute Gasteiger partial charge is 0.349 e. The summed E-state index contributed by atoms with van der Waals surface area (Å²) in [7, 11) is -4.41. The van der Waals surface area contributed by atoms with E-state index in [1.165, 1.54) is 11.1 Å². The Bertz CT molecular complexity index is 1500. The lowest BCUT2D eigenvalue weighted by atomic mass is 9.86. The van der Waals surface area contributed by atoms with E-state index in [9.17, 15) is 26.4 Å². The molecule has 4 rings (SSSR count). The van der Waals surface area contributed by atoms with Crippen LogP contribution < -0.4 is 15.4 Å². The van der Waals surface area contributed by atoms with Gasteiger partial charge in [-0.05, 0) is 84.3 Å². The van der Waals surface area contributed by atoms with Crippen LogP contribution in [-0.2, 0) is 34.0 Å². The van der Waals surface area contributed by atoms with E-state index in [1.807, 2.05) is 6.07 Å². The van der Waals surface area contributed by atoms with Crippen LogP contribution >= 0.6 is 11.6 Å². The molecule has 1 aliphatic rings. The van der Waals surface area contributed by atoms with Crippen molar-refractivity contribution < 1.29 is 26.4 Å². The van der Waals surface area contributed by atoms with Gasteiger partial charge in [-0.3, -0.25) is 4.79 Å². The van der Waals surface area contributed by atoms with E-state index in [-0.39, 0.29) is 18.4 Å². The molecule has 1 amide bonds. The van der Waals surface area contributed by atoms with Gasteiger partial charge in [0.05, 0.1) is 22.5 Å². The van der Waals surface area contributed by atoms with Crippen LogP contribution in [0.5, 0.6) is 0 Å². The van der Waals surface area contributed by atoms with Gasteiger partial charge < -0.3 is 10.6 Å². The molecule has 11 heteroatoms. The Labute approximate surface area is 250 Å². The van der Waals surface area contributed by atoms with Crippen LogP contribution in [0.1, 0.15) is 73.0 Å². The van der Waals surface area contributed by atoms with Gasteiger partial charge in [-0.25, -0.2) is 13.1 Å². The van der Waals surface area contributed by atoms with E-state index in [4.69, 9.17) is 11.6 Å². The number of aryl methyl sites for hydroxylation is 1. The molecule has 3 aromatic carbocycles. The first-order valence-corrected chi connectivity index (χ1v) is 15.7. The number of hydrogen-bond acceptors (Lipinski definition) is 4. The van der Waals surface area contributed by atoms with Crippen LogP contribution in [0, 0.1) is 5.92 Å². The molecule has 2 unspecified atom stereocenters. The van der Waals surface area contributed by atoms with Crippen molar-refractivity contribution in [3.63, 3.8) is 0 Å². The highest BCUT2D eigenvalue weighted by atomic mass is 35.5. The number of sulfonamides is 1. The highest BCUT2D eigenvalue weighted by Gasteiger charge is 2.33. The Kier molecular flexibility index (Phi) is 10.4. The maximum absolute atomic E-state index is 13.3. The molecule has 0 saturated heterocycles. The first kappa shape index (κ1) is 32.0. The molecule has 226 valence electrons.